The first-order valence-electron chi connectivity index (χ1n) is 8.73. The van der Waals surface area contributed by atoms with Crippen molar-refractivity contribution in [2.75, 3.05) is 0 Å². The predicted molar refractivity (Wildman–Crippen MR) is 102 cm³/mol. The fraction of sp³-hybridized carbons (Fsp3) is 0.273. The van der Waals surface area contributed by atoms with Crippen LogP contribution in [0.4, 0.5) is 0 Å². The Kier molecular flexibility index (Phi) is 4.84. The molecule has 3 rings (SSSR count). The largest absolute Gasteiger partial charge is 0.506 e. The molecule has 0 aliphatic rings. The third kappa shape index (κ3) is 3.71. The van der Waals surface area contributed by atoms with Gasteiger partial charge in [0.05, 0.1) is 5.69 Å². The summed E-state index contributed by atoms with van der Waals surface area (Å²) < 4.78 is 8.05. The van der Waals surface area contributed by atoms with Crippen LogP contribution in [0.25, 0.3) is 5.69 Å². The maximum atomic E-state index is 10.5. The van der Waals surface area contributed by atoms with Gasteiger partial charge in [0.2, 0.25) is 0 Å². The highest BCUT2D eigenvalue weighted by molar-refractivity contribution is 5.56. The summed E-state index contributed by atoms with van der Waals surface area (Å²) in [6.45, 7) is 8.58. The van der Waals surface area contributed by atoms with Gasteiger partial charge in [-0.15, -0.1) is 0 Å². The van der Waals surface area contributed by atoms with E-state index in [0.717, 1.165) is 17.0 Å². The Labute approximate surface area is 149 Å². The average molecular weight is 335 g/mol. The van der Waals surface area contributed by atoms with E-state index < -0.39 is 0 Å². The smallest absolute Gasteiger partial charge is 0.143 e. The Morgan fingerprint density at radius 1 is 0.880 bits per heavy atom. The van der Waals surface area contributed by atoms with E-state index in [4.69, 9.17) is 4.74 Å². The lowest BCUT2D eigenvalue weighted by molar-refractivity contribution is 0.447. The number of ether oxygens (including phenoxy) is 1. The van der Waals surface area contributed by atoms with Crippen LogP contribution in [-0.4, -0.2) is 9.67 Å². The van der Waals surface area contributed by atoms with E-state index in [1.807, 2.05) is 47.3 Å². The third-order valence-corrected chi connectivity index (χ3v) is 4.36. The molecule has 1 N–H and O–H groups in total. The van der Waals surface area contributed by atoms with Crippen molar-refractivity contribution in [2.24, 2.45) is 0 Å². The van der Waals surface area contributed by atoms with Crippen molar-refractivity contribution in [1.29, 1.82) is 0 Å². The summed E-state index contributed by atoms with van der Waals surface area (Å²) in [7, 11) is 0. The molecule has 0 saturated heterocycles. The summed E-state index contributed by atoms with van der Waals surface area (Å²) in [5, 5.41) is 10.5. The van der Waals surface area contributed by atoms with E-state index in [-0.39, 0.29) is 11.7 Å². The van der Waals surface area contributed by atoms with Crippen molar-refractivity contribution < 1.29 is 9.84 Å². The number of hydrogen-bond donors (Lipinski definition) is 1. The minimum absolute atomic E-state index is 0.204. The van der Waals surface area contributed by atoms with Crippen LogP contribution in [0.3, 0.4) is 0 Å². The standard InChI is InChI=1S/C22H25NO2/c1-15(2)17-8-7-9-18(12-17)25-22-14-21(24)20(13-19(22)16(3)4)23-10-5-6-11-23/h5-16,24H,1-4H3. The molecule has 3 heteroatoms. The van der Waals surface area contributed by atoms with Crippen molar-refractivity contribution in [3.8, 4) is 22.9 Å². The highest BCUT2D eigenvalue weighted by Gasteiger charge is 2.15. The van der Waals surface area contributed by atoms with Crippen LogP contribution in [0.1, 0.15) is 50.7 Å². The molecule has 1 aromatic heterocycles. The van der Waals surface area contributed by atoms with Gasteiger partial charge in [-0.05, 0) is 53.3 Å². The number of phenols is 1. The molecule has 0 aliphatic carbocycles. The molecule has 0 spiro atoms. The Morgan fingerprint density at radius 2 is 1.60 bits per heavy atom. The minimum Gasteiger partial charge on any atom is -0.506 e. The van der Waals surface area contributed by atoms with E-state index in [0.29, 0.717) is 11.7 Å². The van der Waals surface area contributed by atoms with E-state index >= 15 is 0 Å². The second kappa shape index (κ2) is 7.06. The molecule has 25 heavy (non-hydrogen) atoms. The number of aromatic nitrogens is 1. The zero-order chi connectivity index (χ0) is 18.0. The average Bonchev–Trinajstić information content (AvgIpc) is 3.09. The number of hydrogen-bond acceptors (Lipinski definition) is 2. The lowest BCUT2D eigenvalue weighted by atomic mass is 10.0. The normalized spacial score (nSPS) is 11.3. The van der Waals surface area contributed by atoms with Gasteiger partial charge in [-0.3, -0.25) is 0 Å². The SMILES string of the molecule is CC(C)c1cccc(Oc2cc(O)c(-n3cccc3)cc2C(C)C)c1. The Bertz CT molecular complexity index is 848. The van der Waals surface area contributed by atoms with Crippen LogP contribution in [0.2, 0.25) is 0 Å². The molecule has 0 fully saturated rings. The Morgan fingerprint density at radius 3 is 2.24 bits per heavy atom. The minimum atomic E-state index is 0.204. The first-order valence-corrected chi connectivity index (χ1v) is 8.73. The third-order valence-electron chi connectivity index (χ3n) is 4.36. The Hall–Kier alpha value is -2.68. The zero-order valence-corrected chi connectivity index (χ0v) is 15.2. The van der Waals surface area contributed by atoms with Crippen molar-refractivity contribution >= 4 is 0 Å². The van der Waals surface area contributed by atoms with Crippen LogP contribution in [-0.2, 0) is 0 Å². The molecular formula is C22H25NO2. The molecular weight excluding hydrogens is 310 g/mol. The lowest BCUT2D eigenvalue weighted by Crippen LogP contribution is -1.99. The number of nitrogens with zero attached hydrogens (tertiary/aromatic N) is 1. The molecule has 0 unspecified atom stereocenters. The second-order valence-corrected chi connectivity index (χ2v) is 6.95. The Balaban J connectivity index is 2.01. The maximum absolute atomic E-state index is 10.5. The van der Waals surface area contributed by atoms with Crippen LogP contribution in [0.5, 0.6) is 17.2 Å². The lowest BCUT2D eigenvalue weighted by Gasteiger charge is -2.18. The van der Waals surface area contributed by atoms with E-state index in [2.05, 4.69) is 39.8 Å². The molecule has 0 aliphatic heterocycles. The molecule has 3 nitrogen and oxygen atoms in total. The maximum Gasteiger partial charge on any atom is 0.143 e. The van der Waals surface area contributed by atoms with Gasteiger partial charge in [-0.2, -0.15) is 0 Å². The van der Waals surface area contributed by atoms with Gasteiger partial charge in [0.15, 0.2) is 0 Å². The van der Waals surface area contributed by atoms with Gasteiger partial charge in [0.1, 0.15) is 17.2 Å². The molecule has 130 valence electrons. The quantitative estimate of drug-likeness (QED) is 0.600. The van der Waals surface area contributed by atoms with Crippen LogP contribution in [0.15, 0.2) is 60.9 Å². The van der Waals surface area contributed by atoms with Gasteiger partial charge < -0.3 is 14.4 Å². The predicted octanol–water partition coefficient (Wildman–Crippen LogP) is 6.22. The summed E-state index contributed by atoms with van der Waals surface area (Å²) >= 11 is 0. The molecule has 0 radical (unpaired) electrons. The summed E-state index contributed by atoms with van der Waals surface area (Å²) in [5.41, 5.74) is 3.06. The molecule has 0 bridgehead atoms. The van der Waals surface area contributed by atoms with Crippen molar-refractivity contribution in [2.45, 2.75) is 39.5 Å². The zero-order valence-electron chi connectivity index (χ0n) is 15.2. The molecule has 0 atom stereocenters. The second-order valence-electron chi connectivity index (χ2n) is 6.95. The molecule has 3 aromatic rings. The van der Waals surface area contributed by atoms with E-state index in [1.54, 1.807) is 6.07 Å². The van der Waals surface area contributed by atoms with Crippen molar-refractivity contribution in [3.05, 3.63) is 72.1 Å². The highest BCUT2D eigenvalue weighted by Crippen LogP contribution is 2.37. The van der Waals surface area contributed by atoms with Crippen LogP contribution >= 0.6 is 0 Å². The van der Waals surface area contributed by atoms with Gasteiger partial charge in [-0.25, -0.2) is 0 Å². The summed E-state index contributed by atoms with van der Waals surface area (Å²) in [4.78, 5) is 0. The first-order chi connectivity index (χ1) is 12.0. The van der Waals surface area contributed by atoms with Gasteiger partial charge in [0.25, 0.3) is 0 Å². The number of aromatic hydroxyl groups is 1. The van der Waals surface area contributed by atoms with Gasteiger partial charge >= 0.3 is 0 Å². The summed E-state index contributed by atoms with van der Waals surface area (Å²) in [6, 6.07) is 15.7. The number of rotatable bonds is 5. The van der Waals surface area contributed by atoms with E-state index in [9.17, 15) is 5.11 Å². The monoisotopic (exact) mass is 335 g/mol. The number of phenolic OH excluding ortho intramolecular Hbond substituents is 1. The van der Waals surface area contributed by atoms with Crippen LogP contribution in [0, 0.1) is 0 Å². The van der Waals surface area contributed by atoms with Crippen molar-refractivity contribution in [1.82, 2.24) is 4.57 Å². The van der Waals surface area contributed by atoms with Crippen molar-refractivity contribution in [3.63, 3.8) is 0 Å². The molecule has 2 aromatic carbocycles. The topological polar surface area (TPSA) is 34.4 Å². The highest BCUT2D eigenvalue weighted by atomic mass is 16.5. The fourth-order valence-corrected chi connectivity index (χ4v) is 2.88. The first kappa shape index (κ1) is 17.2. The summed E-state index contributed by atoms with van der Waals surface area (Å²) in [6.07, 6.45) is 3.84. The van der Waals surface area contributed by atoms with Crippen LogP contribution < -0.4 is 4.74 Å². The van der Waals surface area contributed by atoms with Gasteiger partial charge in [0, 0.05) is 18.5 Å². The molecule has 1 heterocycles. The van der Waals surface area contributed by atoms with Gasteiger partial charge in [-0.1, -0.05) is 39.8 Å². The molecule has 0 amide bonds. The molecule has 0 saturated carbocycles. The summed E-state index contributed by atoms with van der Waals surface area (Å²) in [5.74, 6) is 2.41. The van der Waals surface area contributed by atoms with E-state index in [1.165, 1.54) is 5.56 Å². The fourth-order valence-electron chi connectivity index (χ4n) is 2.88. The number of benzene rings is 2.